The number of hydrogen-bond acceptors (Lipinski definition) is 2. The summed E-state index contributed by atoms with van der Waals surface area (Å²) in [7, 11) is 0. The van der Waals surface area contributed by atoms with E-state index in [0.717, 1.165) is 11.4 Å². The van der Waals surface area contributed by atoms with Gasteiger partial charge in [0.25, 0.3) is 0 Å². The van der Waals surface area contributed by atoms with Crippen LogP contribution in [0, 0.1) is 6.92 Å². The summed E-state index contributed by atoms with van der Waals surface area (Å²) in [6.07, 6.45) is 3.30. The van der Waals surface area contributed by atoms with Crippen LogP contribution in [0.25, 0.3) is 0 Å². The number of rotatable bonds is 1. The summed E-state index contributed by atoms with van der Waals surface area (Å²) in [5.41, 5.74) is 1.77. The number of nitrogens with zero attached hydrogens (tertiary/aromatic N) is 2. The van der Waals surface area contributed by atoms with E-state index in [2.05, 4.69) is 9.97 Å². The van der Waals surface area contributed by atoms with Crippen LogP contribution in [-0.2, 0) is 5.88 Å². The third kappa shape index (κ3) is 1.39. The molecule has 0 unspecified atom stereocenters. The lowest BCUT2D eigenvalue weighted by Gasteiger charge is -1.95. The van der Waals surface area contributed by atoms with Gasteiger partial charge >= 0.3 is 0 Å². The molecule has 1 rings (SSSR count). The van der Waals surface area contributed by atoms with Gasteiger partial charge in [0.1, 0.15) is 0 Å². The fourth-order valence-corrected chi connectivity index (χ4v) is 0.830. The highest BCUT2D eigenvalue weighted by Gasteiger charge is 1.94. The first-order valence-electron chi connectivity index (χ1n) is 2.67. The standard InChI is InChI=1S/C6H7ClN2/c1-5-6(4-7)9-3-2-8-5/h2-3H,4H2,1H3. The van der Waals surface area contributed by atoms with Crippen molar-refractivity contribution >= 4 is 11.6 Å². The maximum absolute atomic E-state index is 5.53. The molecule has 1 heterocycles. The molecule has 1 aromatic heterocycles. The summed E-state index contributed by atoms with van der Waals surface area (Å²) in [6.45, 7) is 1.89. The Kier molecular flexibility index (Phi) is 2.01. The normalized spacial score (nSPS) is 9.56. The molecule has 3 heteroatoms. The average molecular weight is 143 g/mol. The summed E-state index contributed by atoms with van der Waals surface area (Å²) in [6, 6.07) is 0. The second kappa shape index (κ2) is 2.78. The Morgan fingerprint density at radius 1 is 1.44 bits per heavy atom. The van der Waals surface area contributed by atoms with Crippen LogP contribution in [0.5, 0.6) is 0 Å². The first-order valence-corrected chi connectivity index (χ1v) is 3.20. The monoisotopic (exact) mass is 142 g/mol. The molecule has 0 amide bonds. The number of aromatic nitrogens is 2. The number of alkyl halides is 1. The molecule has 0 fully saturated rings. The van der Waals surface area contributed by atoms with Crippen molar-refractivity contribution in [2.45, 2.75) is 12.8 Å². The highest BCUT2D eigenvalue weighted by atomic mass is 35.5. The molecule has 0 saturated carbocycles. The van der Waals surface area contributed by atoms with Crippen molar-refractivity contribution in [2.24, 2.45) is 0 Å². The van der Waals surface area contributed by atoms with Gasteiger partial charge in [0.15, 0.2) is 0 Å². The number of hydrogen-bond donors (Lipinski definition) is 0. The van der Waals surface area contributed by atoms with E-state index >= 15 is 0 Å². The summed E-state index contributed by atoms with van der Waals surface area (Å²) >= 11 is 5.53. The van der Waals surface area contributed by atoms with Crippen molar-refractivity contribution in [3.8, 4) is 0 Å². The first kappa shape index (κ1) is 6.49. The fraction of sp³-hybridized carbons (Fsp3) is 0.333. The van der Waals surface area contributed by atoms with E-state index < -0.39 is 0 Å². The third-order valence-corrected chi connectivity index (χ3v) is 1.36. The molecule has 0 atom stereocenters. The van der Waals surface area contributed by atoms with Gasteiger partial charge in [-0.1, -0.05) is 0 Å². The Balaban J connectivity index is 3.01. The summed E-state index contributed by atoms with van der Waals surface area (Å²) in [5, 5.41) is 0. The predicted octanol–water partition coefficient (Wildman–Crippen LogP) is 1.52. The molecule has 0 aromatic carbocycles. The zero-order chi connectivity index (χ0) is 6.69. The topological polar surface area (TPSA) is 25.8 Å². The van der Waals surface area contributed by atoms with E-state index in [1.165, 1.54) is 0 Å². The molecular formula is C6H7ClN2. The minimum Gasteiger partial charge on any atom is -0.258 e. The van der Waals surface area contributed by atoms with Gasteiger partial charge in [-0.25, -0.2) is 0 Å². The Morgan fingerprint density at radius 2 is 2.11 bits per heavy atom. The van der Waals surface area contributed by atoms with Crippen molar-refractivity contribution in [1.29, 1.82) is 0 Å². The lowest BCUT2D eigenvalue weighted by atomic mass is 10.4. The molecule has 0 radical (unpaired) electrons. The SMILES string of the molecule is Cc1nccnc1CCl. The fourth-order valence-electron chi connectivity index (χ4n) is 0.568. The second-order valence-electron chi connectivity index (χ2n) is 1.72. The van der Waals surface area contributed by atoms with E-state index in [9.17, 15) is 0 Å². The average Bonchev–Trinajstić information content (AvgIpc) is 1.89. The lowest BCUT2D eigenvalue weighted by molar-refractivity contribution is 1.03. The van der Waals surface area contributed by atoms with Crippen molar-refractivity contribution in [2.75, 3.05) is 0 Å². The van der Waals surface area contributed by atoms with Gasteiger partial charge in [-0.3, -0.25) is 9.97 Å². The van der Waals surface area contributed by atoms with E-state index in [0.29, 0.717) is 5.88 Å². The summed E-state index contributed by atoms with van der Waals surface area (Å²) < 4.78 is 0. The zero-order valence-corrected chi connectivity index (χ0v) is 5.89. The van der Waals surface area contributed by atoms with Crippen LogP contribution in [0.2, 0.25) is 0 Å². The van der Waals surface area contributed by atoms with Crippen LogP contribution >= 0.6 is 11.6 Å². The Morgan fingerprint density at radius 3 is 2.56 bits per heavy atom. The van der Waals surface area contributed by atoms with Gasteiger partial charge in [0.2, 0.25) is 0 Å². The Hall–Kier alpha value is -0.630. The van der Waals surface area contributed by atoms with Crippen LogP contribution in [0.3, 0.4) is 0 Å². The maximum atomic E-state index is 5.53. The molecule has 1 aromatic rings. The summed E-state index contributed by atoms with van der Waals surface area (Å²) in [4.78, 5) is 8.01. The molecule has 9 heavy (non-hydrogen) atoms. The van der Waals surface area contributed by atoms with Gasteiger partial charge < -0.3 is 0 Å². The third-order valence-electron chi connectivity index (χ3n) is 1.11. The molecule has 0 N–H and O–H groups in total. The smallest absolute Gasteiger partial charge is 0.0763 e. The van der Waals surface area contributed by atoms with E-state index in [-0.39, 0.29) is 0 Å². The summed E-state index contributed by atoms with van der Waals surface area (Å²) in [5.74, 6) is 0.444. The van der Waals surface area contributed by atoms with Crippen molar-refractivity contribution in [3.05, 3.63) is 23.8 Å². The van der Waals surface area contributed by atoms with Crippen LogP contribution in [0.4, 0.5) is 0 Å². The highest BCUT2D eigenvalue weighted by molar-refractivity contribution is 6.16. The van der Waals surface area contributed by atoms with Crippen LogP contribution < -0.4 is 0 Å². The van der Waals surface area contributed by atoms with Crippen LogP contribution in [0.15, 0.2) is 12.4 Å². The lowest BCUT2D eigenvalue weighted by Crippen LogP contribution is -1.91. The van der Waals surface area contributed by atoms with Gasteiger partial charge in [0, 0.05) is 12.4 Å². The minimum absolute atomic E-state index is 0.444. The van der Waals surface area contributed by atoms with E-state index in [1.807, 2.05) is 6.92 Å². The molecule has 0 bridgehead atoms. The van der Waals surface area contributed by atoms with Gasteiger partial charge in [0.05, 0.1) is 17.3 Å². The molecule has 2 nitrogen and oxygen atoms in total. The van der Waals surface area contributed by atoms with E-state index in [4.69, 9.17) is 11.6 Å². The molecule has 0 spiro atoms. The van der Waals surface area contributed by atoms with Gasteiger partial charge in [-0.15, -0.1) is 11.6 Å². The quantitative estimate of drug-likeness (QED) is 0.556. The maximum Gasteiger partial charge on any atom is 0.0763 e. The minimum atomic E-state index is 0.444. The molecular weight excluding hydrogens is 136 g/mol. The first-order chi connectivity index (χ1) is 4.34. The Labute approximate surface area is 58.9 Å². The number of aryl methyl sites for hydroxylation is 1. The second-order valence-corrected chi connectivity index (χ2v) is 1.99. The van der Waals surface area contributed by atoms with Crippen LogP contribution in [0.1, 0.15) is 11.4 Å². The molecule has 0 aliphatic heterocycles. The van der Waals surface area contributed by atoms with Gasteiger partial charge in [-0.2, -0.15) is 0 Å². The van der Waals surface area contributed by atoms with Crippen molar-refractivity contribution in [1.82, 2.24) is 9.97 Å². The van der Waals surface area contributed by atoms with Crippen LogP contribution in [-0.4, -0.2) is 9.97 Å². The molecule has 48 valence electrons. The number of halogens is 1. The molecule has 0 saturated heterocycles. The van der Waals surface area contributed by atoms with Crippen molar-refractivity contribution in [3.63, 3.8) is 0 Å². The van der Waals surface area contributed by atoms with E-state index in [1.54, 1.807) is 12.4 Å². The Bertz CT molecular complexity index is 200. The highest BCUT2D eigenvalue weighted by Crippen LogP contribution is 2.01. The zero-order valence-electron chi connectivity index (χ0n) is 5.13. The molecule has 0 aliphatic rings. The largest absolute Gasteiger partial charge is 0.258 e. The predicted molar refractivity (Wildman–Crippen MR) is 36.3 cm³/mol. The van der Waals surface area contributed by atoms with Gasteiger partial charge in [-0.05, 0) is 6.92 Å². The van der Waals surface area contributed by atoms with Crippen molar-refractivity contribution < 1.29 is 0 Å². The molecule has 0 aliphatic carbocycles.